The average molecular weight is 274 g/mol. The number of benzene rings is 2. The highest BCUT2D eigenvalue weighted by molar-refractivity contribution is 8.01. The molecule has 19 heavy (non-hydrogen) atoms. The maximum Gasteiger partial charge on any atom is 0.158 e. The van der Waals surface area contributed by atoms with Crippen molar-refractivity contribution in [2.24, 2.45) is 0 Å². The second-order valence-corrected chi connectivity index (χ2v) is 7.79. The van der Waals surface area contributed by atoms with Crippen LogP contribution in [0.4, 0.5) is 5.69 Å². The van der Waals surface area contributed by atoms with E-state index in [4.69, 9.17) is 0 Å². The van der Waals surface area contributed by atoms with Gasteiger partial charge in [-0.15, -0.1) is 0 Å². The first-order valence-electron chi connectivity index (χ1n) is 6.27. The van der Waals surface area contributed by atoms with Crippen molar-refractivity contribution in [2.75, 3.05) is 25.3 Å². The summed E-state index contributed by atoms with van der Waals surface area (Å²) in [6.07, 6.45) is 1.84. The lowest BCUT2D eigenvalue weighted by Gasteiger charge is -2.13. The van der Waals surface area contributed by atoms with Crippen LogP contribution in [0.5, 0.6) is 0 Å². The highest BCUT2D eigenvalue weighted by Crippen LogP contribution is 2.22. The fraction of sp³-hybridized carbons (Fsp3) is 0.250. The molecule has 1 atom stereocenters. The second-order valence-electron chi connectivity index (χ2n) is 5.02. The predicted molar refractivity (Wildman–Crippen MR) is 83.2 cm³/mol. The molecule has 1 unspecified atom stereocenters. The molecule has 0 fully saturated rings. The van der Waals surface area contributed by atoms with Gasteiger partial charge in [0.25, 0.3) is 0 Å². The molecule has 0 saturated carbocycles. The van der Waals surface area contributed by atoms with Crippen LogP contribution in [0, 0.1) is 0 Å². The number of hydrogen-bond donors (Lipinski definition) is 0. The summed E-state index contributed by atoms with van der Waals surface area (Å²) in [5.74, 6) is 0.588. The van der Waals surface area contributed by atoms with E-state index in [1.807, 2.05) is 50.7 Å². The van der Waals surface area contributed by atoms with Gasteiger partial charge in [0.05, 0.1) is 0 Å². The summed E-state index contributed by atoms with van der Waals surface area (Å²) in [6, 6.07) is 18.0. The molecule has 3 heteroatoms. The van der Waals surface area contributed by atoms with Crippen molar-refractivity contribution in [3.05, 3.63) is 60.2 Å². The van der Waals surface area contributed by atoms with Crippen molar-refractivity contribution in [1.29, 1.82) is 0 Å². The van der Waals surface area contributed by atoms with Crippen LogP contribution >= 0.6 is 0 Å². The first kappa shape index (κ1) is 13.8. The Morgan fingerprint density at radius 1 is 0.947 bits per heavy atom. The molecule has 0 N–H and O–H groups in total. The van der Waals surface area contributed by atoms with E-state index in [9.17, 15) is 4.21 Å². The second kappa shape index (κ2) is 5.57. The Hall–Kier alpha value is -1.61. The van der Waals surface area contributed by atoms with E-state index in [0.717, 1.165) is 16.1 Å². The van der Waals surface area contributed by atoms with Crippen LogP contribution in [0.1, 0.15) is 5.56 Å². The van der Waals surface area contributed by atoms with Crippen molar-refractivity contribution in [2.45, 2.75) is 10.6 Å². The monoisotopic (exact) mass is 274 g/mol. The van der Waals surface area contributed by atoms with Gasteiger partial charge in [-0.3, -0.25) is 0 Å². The smallest absolute Gasteiger partial charge is 0.158 e. The van der Waals surface area contributed by atoms with Gasteiger partial charge in [0, 0.05) is 25.3 Å². The summed E-state index contributed by atoms with van der Waals surface area (Å²) in [5, 5.41) is 0. The van der Waals surface area contributed by atoms with Gasteiger partial charge in [-0.25, -0.2) is 0 Å². The van der Waals surface area contributed by atoms with E-state index in [2.05, 4.69) is 29.2 Å². The van der Waals surface area contributed by atoms with Crippen molar-refractivity contribution in [3.8, 4) is 0 Å². The highest BCUT2D eigenvalue weighted by Gasteiger charge is 2.24. The molecule has 0 aliphatic heterocycles. The third-order valence-electron chi connectivity index (χ3n) is 3.14. The van der Waals surface area contributed by atoms with E-state index in [0.29, 0.717) is 5.75 Å². The Labute approximate surface area is 116 Å². The first-order valence-corrected chi connectivity index (χ1v) is 8.41. The lowest BCUT2D eigenvalue weighted by Crippen LogP contribution is -2.12. The van der Waals surface area contributed by atoms with E-state index in [1.54, 1.807) is 0 Å². The van der Waals surface area contributed by atoms with Crippen molar-refractivity contribution < 1.29 is 4.21 Å². The van der Waals surface area contributed by atoms with E-state index >= 15 is 0 Å². The van der Waals surface area contributed by atoms with E-state index in [-0.39, 0.29) is 0 Å². The topological polar surface area (TPSA) is 20.3 Å². The zero-order valence-corrected chi connectivity index (χ0v) is 12.5. The molecule has 0 bridgehead atoms. The molecule has 0 spiro atoms. The molecular formula is C16H20NOS+. The fourth-order valence-electron chi connectivity index (χ4n) is 2.00. The summed E-state index contributed by atoms with van der Waals surface area (Å²) >= 11 is 0. The van der Waals surface area contributed by atoms with Crippen LogP contribution in [0.25, 0.3) is 0 Å². The zero-order valence-electron chi connectivity index (χ0n) is 11.7. The minimum absolute atomic E-state index is 0.588. The highest BCUT2D eigenvalue weighted by atomic mass is 32.2. The molecule has 0 radical (unpaired) electrons. The summed E-state index contributed by atoms with van der Waals surface area (Å²) in [7, 11) is 2.02. The fourth-order valence-corrected chi connectivity index (χ4v) is 3.73. The molecule has 0 saturated heterocycles. The van der Waals surface area contributed by atoms with Crippen LogP contribution in [0.2, 0.25) is 0 Å². The average Bonchev–Trinajstić information content (AvgIpc) is 2.40. The Morgan fingerprint density at radius 2 is 1.53 bits per heavy atom. The van der Waals surface area contributed by atoms with E-state index < -0.39 is 9.93 Å². The minimum atomic E-state index is -2.01. The third-order valence-corrected chi connectivity index (χ3v) is 5.29. The Bertz CT molecular complexity index is 575. The van der Waals surface area contributed by atoms with Crippen LogP contribution in [-0.4, -0.2) is 20.4 Å². The Balaban J connectivity index is 2.19. The number of hydrogen-bond acceptors (Lipinski definition) is 2. The van der Waals surface area contributed by atoms with Crippen molar-refractivity contribution in [1.82, 2.24) is 0 Å². The molecule has 2 nitrogen and oxygen atoms in total. The summed E-state index contributed by atoms with van der Waals surface area (Å²) in [4.78, 5) is 2.98. The molecule has 0 aliphatic carbocycles. The first-order chi connectivity index (χ1) is 8.99. The number of anilines is 1. The van der Waals surface area contributed by atoms with Crippen LogP contribution in [0.15, 0.2) is 59.5 Å². The van der Waals surface area contributed by atoms with Gasteiger partial charge in [0.1, 0.15) is 21.9 Å². The Kier molecular flexibility index (Phi) is 4.05. The maximum atomic E-state index is 12.8. The van der Waals surface area contributed by atoms with Crippen molar-refractivity contribution in [3.63, 3.8) is 0 Å². The van der Waals surface area contributed by atoms with Gasteiger partial charge in [0.2, 0.25) is 0 Å². The summed E-state index contributed by atoms with van der Waals surface area (Å²) < 4.78 is 12.8. The van der Waals surface area contributed by atoms with Gasteiger partial charge in [-0.1, -0.05) is 34.5 Å². The van der Waals surface area contributed by atoms with E-state index in [1.165, 1.54) is 0 Å². The molecule has 0 aliphatic rings. The Morgan fingerprint density at radius 3 is 2.05 bits per heavy atom. The third kappa shape index (κ3) is 3.44. The lowest BCUT2D eigenvalue weighted by molar-refractivity contribution is 0.587. The zero-order chi connectivity index (χ0) is 13.9. The predicted octanol–water partition coefficient (Wildman–Crippen LogP) is 3.44. The molecule has 0 aromatic heterocycles. The molecule has 2 rings (SSSR count). The largest absolute Gasteiger partial charge is 0.378 e. The molecule has 2 aromatic rings. The summed E-state index contributed by atoms with van der Waals surface area (Å²) in [6.45, 7) is 0. The molecule has 100 valence electrons. The minimum Gasteiger partial charge on any atom is -0.378 e. The number of rotatable bonds is 4. The lowest BCUT2D eigenvalue weighted by atomic mass is 10.2. The van der Waals surface area contributed by atoms with Crippen LogP contribution in [-0.2, 0) is 19.9 Å². The maximum absolute atomic E-state index is 12.8. The van der Waals surface area contributed by atoms with Crippen LogP contribution < -0.4 is 4.90 Å². The number of nitrogens with zero attached hydrogens (tertiary/aromatic N) is 1. The molecular weight excluding hydrogens is 254 g/mol. The van der Waals surface area contributed by atoms with Gasteiger partial charge >= 0.3 is 0 Å². The normalized spacial score (nSPS) is 13.8. The van der Waals surface area contributed by atoms with Crippen molar-refractivity contribution >= 4 is 15.6 Å². The standard InChI is InChI=1S/C16H20NOS/c1-17(2)15-11-9-14(10-12-15)13-19(3,18)16-7-5-4-6-8-16/h4-12H,13H2,1-3H3/q+1. The van der Waals surface area contributed by atoms with Crippen LogP contribution in [0.3, 0.4) is 0 Å². The van der Waals surface area contributed by atoms with Gasteiger partial charge in [-0.2, -0.15) is 0 Å². The summed E-state index contributed by atoms with van der Waals surface area (Å²) in [5.41, 5.74) is 2.27. The quantitative estimate of drug-likeness (QED) is 0.796. The molecule has 2 aromatic carbocycles. The molecule has 0 amide bonds. The van der Waals surface area contributed by atoms with Gasteiger partial charge in [0.15, 0.2) is 4.90 Å². The molecule has 0 heterocycles. The SMILES string of the molecule is CN(C)c1ccc(C[S+](C)(=O)c2ccccc2)cc1. The van der Waals surface area contributed by atoms with Gasteiger partial charge in [-0.05, 0) is 24.3 Å². The van der Waals surface area contributed by atoms with Gasteiger partial charge < -0.3 is 4.90 Å².